The maximum atomic E-state index is 14.4. The first-order chi connectivity index (χ1) is 23.6. The second-order valence-corrected chi connectivity index (χ2v) is 14.2. The molecule has 4 rings (SSSR count). The number of aromatic nitrogens is 3. The van der Waals surface area contributed by atoms with Gasteiger partial charge in [-0.05, 0) is 49.1 Å². The zero-order valence-corrected chi connectivity index (χ0v) is 30.0. The Bertz CT molecular complexity index is 1790. The first kappa shape index (κ1) is 38.3. The summed E-state index contributed by atoms with van der Waals surface area (Å²) in [5.74, 6) is -1.88. The summed E-state index contributed by atoms with van der Waals surface area (Å²) < 4.78 is 50.4. The van der Waals surface area contributed by atoms with Crippen LogP contribution in [0.3, 0.4) is 0 Å². The molecule has 0 saturated carbocycles. The molecule has 1 saturated heterocycles. The molecule has 270 valence electrons. The van der Waals surface area contributed by atoms with Crippen molar-refractivity contribution in [1.82, 2.24) is 19.7 Å². The van der Waals surface area contributed by atoms with Gasteiger partial charge in [-0.1, -0.05) is 46.8 Å². The topological polar surface area (TPSA) is 216 Å². The summed E-state index contributed by atoms with van der Waals surface area (Å²) in [4.78, 5) is 42.1. The van der Waals surface area contributed by atoms with Gasteiger partial charge in [-0.2, -0.15) is 15.4 Å². The highest BCUT2D eigenvalue weighted by atomic mass is 31.2. The van der Waals surface area contributed by atoms with Crippen molar-refractivity contribution in [2.24, 2.45) is 0 Å². The normalized spacial score (nSPS) is 22.2. The van der Waals surface area contributed by atoms with Crippen LogP contribution in [0.1, 0.15) is 72.6 Å². The highest BCUT2D eigenvalue weighted by Crippen LogP contribution is 2.48. The third-order valence-corrected chi connectivity index (χ3v) is 9.52. The Morgan fingerprint density at radius 1 is 1.10 bits per heavy atom. The van der Waals surface area contributed by atoms with E-state index in [0.717, 1.165) is 5.56 Å². The molecule has 0 radical (unpaired) electrons. The number of nitrogens with one attached hydrogen (secondary N) is 1. The van der Waals surface area contributed by atoms with Gasteiger partial charge in [0.25, 0.3) is 0 Å². The van der Waals surface area contributed by atoms with E-state index in [1.165, 1.54) is 23.8 Å². The van der Waals surface area contributed by atoms with E-state index < -0.39 is 62.2 Å². The Balaban J connectivity index is 1.76. The second-order valence-electron chi connectivity index (χ2n) is 12.5. The number of anilines is 1. The fourth-order valence-electron chi connectivity index (χ4n) is 5.24. The predicted molar refractivity (Wildman–Crippen MR) is 178 cm³/mol. The quantitative estimate of drug-likeness (QED) is 0.136. The summed E-state index contributed by atoms with van der Waals surface area (Å²) in [5.41, 5.74) is 5.14. The predicted octanol–water partition coefficient (Wildman–Crippen LogP) is 4.12. The zero-order valence-electron chi connectivity index (χ0n) is 29.1. The van der Waals surface area contributed by atoms with E-state index in [2.05, 4.69) is 21.2 Å². The lowest BCUT2D eigenvalue weighted by Crippen LogP contribution is -2.46. The fourth-order valence-corrected chi connectivity index (χ4v) is 6.74. The molecule has 3 heterocycles. The second kappa shape index (κ2) is 15.6. The molecule has 1 aliphatic heterocycles. The monoisotopic (exact) mass is 714 g/mol. The average molecular weight is 715 g/mol. The third kappa shape index (κ3) is 8.24. The van der Waals surface area contributed by atoms with Crippen molar-refractivity contribution in [3.05, 3.63) is 54.0 Å². The number of nitrogens with two attached hydrogens (primary N) is 1. The van der Waals surface area contributed by atoms with Crippen LogP contribution in [-0.4, -0.2) is 70.1 Å². The summed E-state index contributed by atoms with van der Waals surface area (Å²) in [5, 5.41) is 17.6. The lowest BCUT2D eigenvalue weighted by molar-refractivity contribution is -0.169. The van der Waals surface area contributed by atoms with Crippen LogP contribution >= 0.6 is 7.75 Å². The highest BCUT2D eigenvalue weighted by molar-refractivity contribution is 7.52. The van der Waals surface area contributed by atoms with Gasteiger partial charge in [-0.15, -0.1) is 0 Å². The number of rotatable bonds is 14. The average Bonchev–Trinajstić information content (AvgIpc) is 3.64. The van der Waals surface area contributed by atoms with Gasteiger partial charge in [0.05, 0.1) is 18.9 Å². The van der Waals surface area contributed by atoms with Gasteiger partial charge in [0.2, 0.25) is 5.60 Å². The number of ether oxygens (including phenoxy) is 4. The van der Waals surface area contributed by atoms with Crippen LogP contribution in [0.25, 0.3) is 5.52 Å². The zero-order chi connectivity index (χ0) is 36.9. The number of carbonyl (C=O) groups excluding carboxylic acids is 3. The summed E-state index contributed by atoms with van der Waals surface area (Å²) in [7, 11) is -4.46. The van der Waals surface area contributed by atoms with Crippen LogP contribution in [0.2, 0.25) is 0 Å². The molecular formula is C33H43N6O10P. The molecule has 1 aliphatic rings. The lowest BCUT2D eigenvalue weighted by atomic mass is 9.87. The lowest BCUT2D eigenvalue weighted by Gasteiger charge is -2.28. The number of hydrogen-bond acceptors (Lipinski definition) is 14. The summed E-state index contributed by atoms with van der Waals surface area (Å²) in [6, 6.07) is 10.8. The molecule has 0 spiro atoms. The summed E-state index contributed by atoms with van der Waals surface area (Å²) in [6.45, 7) is 11.7. The van der Waals surface area contributed by atoms with Gasteiger partial charge in [0, 0.05) is 12.8 Å². The molecule has 0 amide bonds. The molecule has 1 aromatic carbocycles. The van der Waals surface area contributed by atoms with E-state index >= 15 is 0 Å². The molecule has 3 N–H and O–H groups in total. The minimum absolute atomic E-state index is 0.0688. The number of nitrogen functional groups attached to an aromatic ring is 1. The summed E-state index contributed by atoms with van der Waals surface area (Å²) in [6.07, 6.45) is -3.33. The number of nitriles is 1. The van der Waals surface area contributed by atoms with Gasteiger partial charge in [0.1, 0.15) is 35.8 Å². The van der Waals surface area contributed by atoms with E-state index in [0.29, 0.717) is 5.52 Å². The maximum absolute atomic E-state index is 14.4. The van der Waals surface area contributed by atoms with E-state index in [9.17, 15) is 24.2 Å². The minimum Gasteiger partial charge on any atom is -0.465 e. The van der Waals surface area contributed by atoms with Gasteiger partial charge in [0.15, 0.2) is 18.0 Å². The van der Waals surface area contributed by atoms with E-state index in [-0.39, 0.29) is 42.1 Å². The van der Waals surface area contributed by atoms with Crippen molar-refractivity contribution < 1.29 is 46.9 Å². The fraction of sp³-hybridized carbons (Fsp3) is 0.515. The van der Waals surface area contributed by atoms with Crippen molar-refractivity contribution in [2.75, 3.05) is 18.9 Å². The Hall–Kier alpha value is -4.55. The highest BCUT2D eigenvalue weighted by Gasteiger charge is 2.62. The number of carbonyl (C=O) groups is 3. The molecule has 6 atom stereocenters. The molecule has 2 aromatic heterocycles. The van der Waals surface area contributed by atoms with Crippen molar-refractivity contribution in [3.8, 4) is 11.8 Å². The summed E-state index contributed by atoms with van der Waals surface area (Å²) >= 11 is 0. The SMILES string of the molecule is CCOC(=O)[C@H](C)NP(=O)(OC[C@H]1O[C@@](C#N)(c2ccc3c(N)ncnn23)[C@H](OC(=O)CC)[C@@H]1OC(=O)CC)Oc1ccc(C(C)(C)C)cc1. The van der Waals surface area contributed by atoms with E-state index in [1.54, 1.807) is 51.1 Å². The molecule has 3 aromatic rings. The van der Waals surface area contributed by atoms with Crippen LogP contribution in [0.4, 0.5) is 5.82 Å². The number of nitrogens with zero attached hydrogens (tertiary/aromatic N) is 4. The Morgan fingerprint density at radius 2 is 1.76 bits per heavy atom. The van der Waals surface area contributed by atoms with Gasteiger partial charge in [-0.3, -0.25) is 18.9 Å². The van der Waals surface area contributed by atoms with Gasteiger partial charge >= 0.3 is 25.7 Å². The van der Waals surface area contributed by atoms with Crippen LogP contribution in [0, 0.1) is 11.3 Å². The number of benzene rings is 1. The van der Waals surface area contributed by atoms with Crippen molar-refractivity contribution in [2.45, 2.75) is 96.7 Å². The Morgan fingerprint density at radius 3 is 2.36 bits per heavy atom. The molecule has 1 fully saturated rings. The molecule has 17 heteroatoms. The maximum Gasteiger partial charge on any atom is 0.459 e. The van der Waals surface area contributed by atoms with Gasteiger partial charge < -0.3 is 29.2 Å². The minimum atomic E-state index is -4.46. The van der Waals surface area contributed by atoms with E-state index in [1.807, 2.05) is 20.8 Å². The largest absolute Gasteiger partial charge is 0.465 e. The van der Waals surface area contributed by atoms with Crippen molar-refractivity contribution >= 4 is 37.0 Å². The van der Waals surface area contributed by atoms with Gasteiger partial charge in [-0.25, -0.2) is 14.1 Å². The first-order valence-corrected chi connectivity index (χ1v) is 17.7. The number of esters is 3. The number of fused-ring (bicyclic) bond motifs is 1. The Kier molecular flexibility index (Phi) is 11.9. The molecular weight excluding hydrogens is 671 g/mol. The van der Waals surface area contributed by atoms with Crippen LogP contribution in [0.5, 0.6) is 5.75 Å². The number of hydrogen-bond donors (Lipinski definition) is 2. The molecule has 50 heavy (non-hydrogen) atoms. The smallest absolute Gasteiger partial charge is 0.459 e. The van der Waals surface area contributed by atoms with Crippen LogP contribution in [-0.2, 0) is 53.4 Å². The van der Waals surface area contributed by atoms with Crippen molar-refractivity contribution in [1.29, 1.82) is 5.26 Å². The van der Waals surface area contributed by atoms with Crippen LogP contribution < -0.4 is 15.3 Å². The molecule has 0 aliphatic carbocycles. The molecule has 0 bridgehead atoms. The van der Waals surface area contributed by atoms with Crippen molar-refractivity contribution in [3.63, 3.8) is 0 Å². The molecule has 16 nitrogen and oxygen atoms in total. The molecule has 1 unspecified atom stereocenters. The first-order valence-electron chi connectivity index (χ1n) is 16.2. The van der Waals surface area contributed by atoms with Crippen LogP contribution in [0.15, 0.2) is 42.7 Å². The third-order valence-electron chi connectivity index (χ3n) is 7.88. The van der Waals surface area contributed by atoms with E-state index in [4.69, 9.17) is 33.7 Å². The standard InChI is InChI=1S/C33H43N6O10P/c1-8-26(40)46-28-24(48-33(18-34,29(28)47-27(41)9-2)25-16-15-23-30(35)36-19-37-39(23)25)17-45-50(43,38-20(4)31(42)44-10-3)49-22-13-11-21(12-14-22)32(5,6)7/h11-16,19-20,24,28-29H,8-10,17H2,1-7H3,(H,38,43)(H2,35,36,37)/t20-,24+,28+,29+,33-,50?/m0/s1. The Labute approximate surface area is 290 Å².